The van der Waals surface area contributed by atoms with E-state index >= 15 is 0 Å². The normalized spacial score (nSPS) is 15.3. The summed E-state index contributed by atoms with van der Waals surface area (Å²) in [6.45, 7) is 3.58. The third kappa shape index (κ3) is 2.53. The molecular formula is C14H18N2O2. The Hall–Kier alpha value is -1.84. The zero-order valence-electron chi connectivity index (χ0n) is 10.8. The van der Waals surface area contributed by atoms with Crippen molar-refractivity contribution in [2.45, 2.75) is 13.3 Å². The lowest BCUT2D eigenvalue weighted by molar-refractivity contribution is 0.0952. The van der Waals surface area contributed by atoms with Crippen LogP contribution in [0.4, 0.5) is 4.79 Å². The molecule has 1 fully saturated rings. The summed E-state index contributed by atoms with van der Waals surface area (Å²) in [5.74, 6) is 0.00121. The molecule has 1 aliphatic heterocycles. The number of carbonyl (C=O) groups is 2. The summed E-state index contributed by atoms with van der Waals surface area (Å²) in [6.07, 6.45) is 0.962. The highest BCUT2D eigenvalue weighted by Crippen LogP contribution is 2.10. The van der Waals surface area contributed by atoms with E-state index in [1.165, 1.54) is 5.56 Å². The number of rotatable bonds is 4. The minimum absolute atomic E-state index is 0.00121. The maximum absolute atomic E-state index is 12.0. The molecule has 4 nitrogen and oxygen atoms in total. The van der Waals surface area contributed by atoms with Crippen molar-refractivity contribution in [3.8, 4) is 0 Å². The SMILES string of the molecule is CCc1ccc(C(=O)CN2CCN(C)C2=O)cc1. The molecule has 0 aromatic heterocycles. The highest BCUT2D eigenvalue weighted by atomic mass is 16.2. The van der Waals surface area contributed by atoms with Crippen LogP contribution in [0, 0.1) is 0 Å². The third-order valence-electron chi connectivity index (χ3n) is 3.32. The molecule has 1 aliphatic rings. The fourth-order valence-corrected chi connectivity index (χ4v) is 2.04. The quantitative estimate of drug-likeness (QED) is 0.760. The highest BCUT2D eigenvalue weighted by Gasteiger charge is 2.26. The summed E-state index contributed by atoms with van der Waals surface area (Å²) >= 11 is 0. The van der Waals surface area contributed by atoms with Crippen molar-refractivity contribution in [3.63, 3.8) is 0 Å². The van der Waals surface area contributed by atoms with Crippen LogP contribution in [0.3, 0.4) is 0 Å². The van der Waals surface area contributed by atoms with Gasteiger partial charge in [-0.3, -0.25) is 4.79 Å². The standard InChI is InChI=1S/C14H18N2O2/c1-3-11-4-6-12(7-5-11)13(17)10-16-9-8-15(2)14(16)18/h4-7H,3,8-10H2,1-2H3. The Balaban J connectivity index is 2.01. The topological polar surface area (TPSA) is 40.6 Å². The fraction of sp³-hybridized carbons (Fsp3) is 0.429. The van der Waals surface area contributed by atoms with E-state index in [0.29, 0.717) is 18.7 Å². The lowest BCUT2D eigenvalue weighted by atomic mass is 10.1. The number of urea groups is 1. The number of likely N-dealkylation sites (N-methyl/N-ethyl adjacent to an activating group) is 1. The van der Waals surface area contributed by atoms with Crippen molar-refractivity contribution in [3.05, 3.63) is 35.4 Å². The predicted molar refractivity (Wildman–Crippen MR) is 69.7 cm³/mol. The van der Waals surface area contributed by atoms with Gasteiger partial charge in [0.15, 0.2) is 5.78 Å². The maximum Gasteiger partial charge on any atom is 0.320 e. The molecule has 1 aromatic carbocycles. The number of Topliss-reactive ketones (excluding diaryl/α,β-unsaturated/α-hetero) is 1. The van der Waals surface area contributed by atoms with Crippen LogP contribution in [0.5, 0.6) is 0 Å². The zero-order chi connectivity index (χ0) is 13.1. The van der Waals surface area contributed by atoms with Crippen LogP contribution in [0.2, 0.25) is 0 Å². The van der Waals surface area contributed by atoms with E-state index in [0.717, 1.165) is 6.42 Å². The Labute approximate surface area is 107 Å². The first-order chi connectivity index (χ1) is 8.61. The minimum atomic E-state index is -0.0615. The van der Waals surface area contributed by atoms with Crippen LogP contribution in [0.1, 0.15) is 22.8 Å². The summed E-state index contributed by atoms with van der Waals surface area (Å²) in [6, 6.07) is 7.54. The average molecular weight is 246 g/mol. The van der Waals surface area contributed by atoms with Crippen LogP contribution in [0.25, 0.3) is 0 Å². The van der Waals surface area contributed by atoms with Crippen molar-refractivity contribution >= 4 is 11.8 Å². The van der Waals surface area contributed by atoms with Gasteiger partial charge in [0.05, 0.1) is 6.54 Å². The second-order valence-corrected chi connectivity index (χ2v) is 4.60. The monoisotopic (exact) mass is 246 g/mol. The van der Waals surface area contributed by atoms with E-state index in [2.05, 4.69) is 6.92 Å². The van der Waals surface area contributed by atoms with E-state index in [-0.39, 0.29) is 18.4 Å². The largest absolute Gasteiger partial charge is 0.326 e. The van der Waals surface area contributed by atoms with E-state index in [1.54, 1.807) is 16.8 Å². The number of benzene rings is 1. The van der Waals surface area contributed by atoms with Crippen molar-refractivity contribution in [2.75, 3.05) is 26.7 Å². The van der Waals surface area contributed by atoms with E-state index in [9.17, 15) is 9.59 Å². The van der Waals surface area contributed by atoms with Crippen molar-refractivity contribution in [1.29, 1.82) is 0 Å². The summed E-state index contributed by atoms with van der Waals surface area (Å²) in [5, 5.41) is 0. The van der Waals surface area contributed by atoms with E-state index in [1.807, 2.05) is 24.3 Å². The second-order valence-electron chi connectivity index (χ2n) is 4.60. The number of amides is 2. The Morgan fingerprint density at radius 2 is 1.89 bits per heavy atom. The Morgan fingerprint density at radius 3 is 2.39 bits per heavy atom. The molecule has 0 saturated carbocycles. The van der Waals surface area contributed by atoms with Crippen molar-refractivity contribution < 1.29 is 9.59 Å². The molecule has 0 N–H and O–H groups in total. The lowest BCUT2D eigenvalue weighted by Gasteiger charge is -2.14. The first kappa shape index (κ1) is 12.6. The molecule has 0 bridgehead atoms. The van der Waals surface area contributed by atoms with Crippen LogP contribution < -0.4 is 0 Å². The molecule has 0 spiro atoms. The van der Waals surface area contributed by atoms with Gasteiger partial charge >= 0.3 is 6.03 Å². The van der Waals surface area contributed by atoms with Crippen molar-refractivity contribution in [2.24, 2.45) is 0 Å². The minimum Gasteiger partial charge on any atom is -0.326 e. The highest BCUT2D eigenvalue weighted by molar-refractivity contribution is 5.99. The van der Waals surface area contributed by atoms with Gasteiger partial charge < -0.3 is 9.80 Å². The zero-order valence-corrected chi connectivity index (χ0v) is 10.8. The summed E-state index contributed by atoms with van der Waals surface area (Å²) in [7, 11) is 1.75. The first-order valence-corrected chi connectivity index (χ1v) is 6.24. The number of hydrogen-bond acceptors (Lipinski definition) is 2. The summed E-state index contributed by atoms with van der Waals surface area (Å²) < 4.78 is 0. The van der Waals surface area contributed by atoms with Gasteiger partial charge in [-0.1, -0.05) is 31.2 Å². The Kier molecular flexibility index (Phi) is 3.65. The van der Waals surface area contributed by atoms with Crippen molar-refractivity contribution in [1.82, 2.24) is 9.80 Å². The van der Waals surface area contributed by atoms with Gasteiger partial charge in [-0.05, 0) is 12.0 Å². The van der Waals surface area contributed by atoms with Crippen LogP contribution in [-0.2, 0) is 6.42 Å². The molecule has 2 rings (SSSR count). The van der Waals surface area contributed by atoms with Gasteiger partial charge in [-0.25, -0.2) is 4.79 Å². The molecule has 1 saturated heterocycles. The molecule has 0 aliphatic carbocycles. The van der Waals surface area contributed by atoms with Gasteiger partial charge in [-0.15, -0.1) is 0 Å². The number of hydrogen-bond donors (Lipinski definition) is 0. The molecular weight excluding hydrogens is 228 g/mol. The van der Waals surface area contributed by atoms with Gasteiger partial charge in [-0.2, -0.15) is 0 Å². The fourth-order valence-electron chi connectivity index (χ4n) is 2.04. The van der Waals surface area contributed by atoms with Gasteiger partial charge in [0.25, 0.3) is 0 Å². The molecule has 1 aromatic rings. The third-order valence-corrected chi connectivity index (χ3v) is 3.32. The molecule has 1 heterocycles. The first-order valence-electron chi connectivity index (χ1n) is 6.24. The lowest BCUT2D eigenvalue weighted by Crippen LogP contribution is -2.33. The molecule has 0 unspecified atom stereocenters. The van der Waals surface area contributed by atoms with Gasteiger partial charge in [0.2, 0.25) is 0 Å². The molecule has 0 radical (unpaired) electrons. The molecule has 96 valence electrons. The number of nitrogens with zero attached hydrogens (tertiary/aromatic N) is 2. The van der Waals surface area contributed by atoms with Gasteiger partial charge in [0.1, 0.15) is 0 Å². The molecule has 18 heavy (non-hydrogen) atoms. The van der Waals surface area contributed by atoms with Crippen LogP contribution in [0.15, 0.2) is 24.3 Å². The van der Waals surface area contributed by atoms with Crippen LogP contribution >= 0.6 is 0 Å². The average Bonchev–Trinajstić information content (AvgIpc) is 2.71. The number of carbonyl (C=O) groups excluding carboxylic acids is 2. The molecule has 0 atom stereocenters. The second kappa shape index (κ2) is 5.21. The Morgan fingerprint density at radius 1 is 1.22 bits per heavy atom. The molecule has 4 heteroatoms. The maximum atomic E-state index is 12.0. The Bertz CT molecular complexity index is 453. The van der Waals surface area contributed by atoms with E-state index < -0.39 is 0 Å². The van der Waals surface area contributed by atoms with Crippen LogP contribution in [-0.4, -0.2) is 48.3 Å². The summed E-state index contributed by atoms with van der Waals surface area (Å²) in [4.78, 5) is 26.9. The number of aryl methyl sites for hydroxylation is 1. The summed E-state index contributed by atoms with van der Waals surface area (Å²) in [5.41, 5.74) is 1.89. The predicted octanol–water partition coefficient (Wildman–Crippen LogP) is 1.80. The number of ketones is 1. The van der Waals surface area contributed by atoms with Gasteiger partial charge in [0, 0.05) is 25.7 Å². The van der Waals surface area contributed by atoms with E-state index in [4.69, 9.17) is 0 Å². The smallest absolute Gasteiger partial charge is 0.320 e. The molecule has 2 amide bonds.